The van der Waals surface area contributed by atoms with Crippen LogP contribution in [-0.2, 0) is 0 Å². The molecule has 4 rings (SSSR count). The van der Waals surface area contributed by atoms with Gasteiger partial charge in [-0.1, -0.05) is 79.6 Å². The van der Waals surface area contributed by atoms with Crippen molar-refractivity contribution in [1.82, 2.24) is 0 Å². The van der Waals surface area contributed by atoms with Gasteiger partial charge in [-0.15, -0.1) is 23.5 Å². The highest BCUT2D eigenvalue weighted by Gasteiger charge is 2.48. The van der Waals surface area contributed by atoms with E-state index in [0.29, 0.717) is 11.8 Å². The number of rotatable bonds is 5. The van der Waals surface area contributed by atoms with E-state index in [1.54, 1.807) is 0 Å². The van der Waals surface area contributed by atoms with Crippen LogP contribution in [0.3, 0.4) is 0 Å². The van der Waals surface area contributed by atoms with Crippen LogP contribution in [0, 0.1) is 5.92 Å². The van der Waals surface area contributed by atoms with Crippen molar-refractivity contribution in [3.8, 4) is 0 Å². The quantitative estimate of drug-likeness (QED) is 0.674. The number of benzene rings is 2. The smallest absolute Gasteiger partial charge is 0.0695 e. The number of hydrogen-bond donors (Lipinski definition) is 1. The SMILES string of the molecule is NCCS[C@]12CCCC[C@@H]1[C@@H](c1ccccc1)C=C(c1ccccc1)S2. The molecular weight excluding hydrogens is 354 g/mol. The first-order valence-corrected chi connectivity index (χ1v) is 11.5. The third-order valence-electron chi connectivity index (χ3n) is 5.61. The summed E-state index contributed by atoms with van der Waals surface area (Å²) in [6, 6.07) is 22.0. The predicted octanol–water partition coefficient (Wildman–Crippen LogP) is 6.14. The van der Waals surface area contributed by atoms with E-state index in [2.05, 4.69) is 90.3 Å². The second kappa shape index (κ2) is 8.24. The molecule has 0 amide bonds. The maximum Gasteiger partial charge on any atom is 0.0695 e. The maximum atomic E-state index is 5.91. The molecule has 0 radical (unpaired) electrons. The van der Waals surface area contributed by atoms with Gasteiger partial charge in [0.25, 0.3) is 0 Å². The molecule has 26 heavy (non-hydrogen) atoms. The number of allylic oxidation sites excluding steroid dienone is 1. The maximum absolute atomic E-state index is 5.91. The molecule has 1 nitrogen and oxygen atoms in total. The standard InChI is InChI=1S/C23H27NS2/c24-15-16-25-23-14-8-7-13-21(23)20(18-9-3-1-4-10-18)17-22(26-23)19-11-5-2-6-12-19/h1-6,9-12,17,20-21H,7-8,13-16,24H2/t20-,21-,23+/m1/s1. The monoisotopic (exact) mass is 381 g/mol. The van der Waals surface area contributed by atoms with Crippen molar-refractivity contribution in [1.29, 1.82) is 0 Å². The van der Waals surface area contributed by atoms with Gasteiger partial charge in [0.2, 0.25) is 0 Å². The van der Waals surface area contributed by atoms with Crippen molar-refractivity contribution in [3.05, 3.63) is 77.9 Å². The Hall–Kier alpha value is -1.16. The van der Waals surface area contributed by atoms with Crippen molar-refractivity contribution in [2.45, 2.75) is 35.7 Å². The highest BCUT2D eigenvalue weighted by atomic mass is 32.2. The Balaban J connectivity index is 1.79. The summed E-state index contributed by atoms with van der Waals surface area (Å²) in [4.78, 5) is 1.45. The molecule has 2 aliphatic rings. The van der Waals surface area contributed by atoms with Crippen LogP contribution in [0.2, 0.25) is 0 Å². The highest BCUT2D eigenvalue weighted by Crippen LogP contribution is 2.63. The molecule has 136 valence electrons. The first-order valence-electron chi connectivity index (χ1n) is 9.68. The van der Waals surface area contributed by atoms with Gasteiger partial charge >= 0.3 is 0 Å². The third-order valence-corrected chi connectivity index (χ3v) is 9.09. The summed E-state index contributed by atoms with van der Waals surface area (Å²) < 4.78 is 0.262. The number of hydrogen-bond acceptors (Lipinski definition) is 3. The van der Waals surface area contributed by atoms with Crippen LogP contribution in [0.25, 0.3) is 4.91 Å². The molecule has 0 saturated heterocycles. The summed E-state index contributed by atoms with van der Waals surface area (Å²) in [5, 5.41) is 0. The molecule has 3 heteroatoms. The van der Waals surface area contributed by atoms with Gasteiger partial charge in [-0.05, 0) is 29.9 Å². The van der Waals surface area contributed by atoms with Gasteiger partial charge < -0.3 is 5.73 Å². The molecule has 0 bridgehead atoms. The molecule has 1 heterocycles. The van der Waals surface area contributed by atoms with Gasteiger partial charge in [0.05, 0.1) is 4.08 Å². The normalized spacial score (nSPS) is 28.3. The Morgan fingerprint density at radius 3 is 2.46 bits per heavy atom. The average Bonchev–Trinajstić information content (AvgIpc) is 2.72. The minimum atomic E-state index is 0.262. The first kappa shape index (κ1) is 18.2. The Bertz CT molecular complexity index is 743. The molecule has 2 N–H and O–H groups in total. The van der Waals surface area contributed by atoms with Crippen LogP contribution in [0.15, 0.2) is 66.7 Å². The zero-order valence-electron chi connectivity index (χ0n) is 15.1. The molecule has 1 fully saturated rings. The van der Waals surface area contributed by atoms with E-state index >= 15 is 0 Å². The van der Waals surface area contributed by atoms with Gasteiger partial charge in [-0.2, -0.15) is 0 Å². The summed E-state index contributed by atoms with van der Waals surface area (Å²) in [5.74, 6) is 2.23. The Morgan fingerprint density at radius 1 is 1.00 bits per heavy atom. The van der Waals surface area contributed by atoms with Crippen molar-refractivity contribution in [2.24, 2.45) is 11.7 Å². The van der Waals surface area contributed by atoms with E-state index < -0.39 is 0 Å². The van der Waals surface area contributed by atoms with Gasteiger partial charge in [-0.25, -0.2) is 0 Å². The van der Waals surface area contributed by atoms with E-state index in [0.717, 1.165) is 12.3 Å². The van der Waals surface area contributed by atoms with E-state index in [1.165, 1.54) is 41.7 Å². The molecule has 2 aromatic carbocycles. The largest absolute Gasteiger partial charge is 0.330 e. The lowest BCUT2D eigenvalue weighted by atomic mass is 9.75. The lowest BCUT2D eigenvalue weighted by molar-refractivity contribution is 0.320. The van der Waals surface area contributed by atoms with E-state index in [4.69, 9.17) is 5.73 Å². The minimum absolute atomic E-state index is 0.262. The van der Waals surface area contributed by atoms with Gasteiger partial charge in [-0.3, -0.25) is 0 Å². The third kappa shape index (κ3) is 3.62. The molecule has 0 spiro atoms. The van der Waals surface area contributed by atoms with Crippen LogP contribution in [0.4, 0.5) is 0 Å². The first-order chi connectivity index (χ1) is 12.8. The summed E-state index contributed by atoms with van der Waals surface area (Å²) >= 11 is 4.25. The molecule has 3 atom stereocenters. The second-order valence-electron chi connectivity index (χ2n) is 7.24. The molecular formula is C23H27NS2. The van der Waals surface area contributed by atoms with Crippen LogP contribution >= 0.6 is 23.5 Å². The van der Waals surface area contributed by atoms with Crippen LogP contribution in [-0.4, -0.2) is 16.4 Å². The molecule has 1 aliphatic heterocycles. The molecule has 1 aliphatic carbocycles. The summed E-state index contributed by atoms with van der Waals surface area (Å²) in [7, 11) is 0. The zero-order chi connectivity index (χ0) is 17.8. The fraction of sp³-hybridized carbons (Fsp3) is 0.391. The number of nitrogens with two attached hydrogens (primary N) is 1. The molecule has 0 aromatic heterocycles. The highest BCUT2D eigenvalue weighted by molar-refractivity contribution is 8.22. The van der Waals surface area contributed by atoms with Gasteiger partial charge in [0.1, 0.15) is 0 Å². The van der Waals surface area contributed by atoms with Crippen LogP contribution in [0.1, 0.15) is 42.7 Å². The van der Waals surface area contributed by atoms with Gasteiger partial charge in [0, 0.05) is 23.1 Å². The minimum Gasteiger partial charge on any atom is -0.330 e. The van der Waals surface area contributed by atoms with Crippen molar-refractivity contribution < 1.29 is 0 Å². The van der Waals surface area contributed by atoms with E-state index in [-0.39, 0.29) is 4.08 Å². The van der Waals surface area contributed by atoms with Crippen LogP contribution < -0.4 is 5.73 Å². The fourth-order valence-electron chi connectivity index (χ4n) is 4.42. The van der Waals surface area contributed by atoms with Gasteiger partial charge in [0.15, 0.2) is 0 Å². The van der Waals surface area contributed by atoms with E-state index in [1.807, 2.05) is 0 Å². The Labute approximate surface area is 165 Å². The molecule has 1 saturated carbocycles. The zero-order valence-corrected chi connectivity index (χ0v) is 16.8. The summed E-state index contributed by atoms with van der Waals surface area (Å²) in [5.41, 5.74) is 8.73. The topological polar surface area (TPSA) is 26.0 Å². The number of fused-ring (bicyclic) bond motifs is 1. The predicted molar refractivity (Wildman–Crippen MR) is 117 cm³/mol. The summed E-state index contributed by atoms with van der Waals surface area (Å²) in [6.07, 6.45) is 7.86. The number of thioether (sulfide) groups is 2. The Morgan fingerprint density at radius 2 is 1.73 bits per heavy atom. The second-order valence-corrected chi connectivity index (χ2v) is 10.3. The van der Waals surface area contributed by atoms with Crippen molar-refractivity contribution in [3.63, 3.8) is 0 Å². The molecule has 0 unspecified atom stereocenters. The average molecular weight is 382 g/mol. The van der Waals surface area contributed by atoms with Crippen molar-refractivity contribution >= 4 is 28.4 Å². The summed E-state index contributed by atoms with van der Waals surface area (Å²) in [6.45, 7) is 0.764. The lowest BCUT2D eigenvalue weighted by Crippen LogP contribution is -2.40. The Kier molecular flexibility index (Phi) is 5.78. The molecule has 2 aromatic rings. The van der Waals surface area contributed by atoms with E-state index in [9.17, 15) is 0 Å². The van der Waals surface area contributed by atoms with Crippen molar-refractivity contribution in [2.75, 3.05) is 12.3 Å². The van der Waals surface area contributed by atoms with Crippen LogP contribution in [0.5, 0.6) is 0 Å². The lowest BCUT2D eigenvalue weighted by Gasteiger charge is -2.49. The fourth-order valence-corrected chi connectivity index (χ4v) is 7.91.